The topological polar surface area (TPSA) is 95.9 Å². The zero-order valence-corrected chi connectivity index (χ0v) is 26.9. The van der Waals surface area contributed by atoms with Crippen LogP contribution in [0, 0.1) is 5.82 Å². The Morgan fingerprint density at radius 1 is 1.07 bits per heavy atom. The number of hydrogen-bond acceptors (Lipinski definition) is 10. The Kier molecular flexibility index (Phi) is 9.18. The van der Waals surface area contributed by atoms with E-state index < -0.39 is 5.82 Å². The molecule has 4 aliphatic rings. The smallest absolute Gasteiger partial charge is 0.319 e. The van der Waals surface area contributed by atoms with Crippen molar-refractivity contribution in [2.75, 3.05) is 51.9 Å². The highest BCUT2D eigenvalue weighted by Gasteiger charge is 2.45. The van der Waals surface area contributed by atoms with Gasteiger partial charge in [0.1, 0.15) is 29.4 Å². The molecule has 11 heteroatoms. The molecule has 0 radical (unpaired) electrons. The number of benzene rings is 1. The number of phenols is 1. The lowest BCUT2D eigenvalue weighted by molar-refractivity contribution is 0.108. The Morgan fingerprint density at radius 3 is 2.48 bits per heavy atom. The van der Waals surface area contributed by atoms with E-state index >= 15 is 4.39 Å². The minimum atomic E-state index is -0.483. The third-order valence-corrected chi connectivity index (χ3v) is 10.2. The Bertz CT molecular complexity index is 1590. The van der Waals surface area contributed by atoms with E-state index in [1.807, 2.05) is 25.3 Å². The molecule has 4 saturated heterocycles. The fourth-order valence-electron chi connectivity index (χ4n) is 7.35. The second kappa shape index (κ2) is 13.1. The van der Waals surface area contributed by atoms with Crippen molar-refractivity contribution in [1.29, 1.82) is 0 Å². The number of aromatic nitrogens is 3. The largest absolute Gasteiger partial charge is 0.508 e. The number of aromatic hydroxyl groups is 1. The number of hydrogen-bond donors (Lipinski definition) is 2. The van der Waals surface area contributed by atoms with Crippen LogP contribution in [0.3, 0.4) is 0 Å². The van der Waals surface area contributed by atoms with Crippen LogP contribution in [-0.2, 0) is 4.74 Å². The van der Waals surface area contributed by atoms with E-state index in [0.29, 0.717) is 35.5 Å². The Balaban J connectivity index is 0.000000649. The van der Waals surface area contributed by atoms with Crippen LogP contribution in [0.15, 0.2) is 29.8 Å². The molecule has 7 heterocycles. The monoisotopic (exact) mass is 622 g/mol. The summed E-state index contributed by atoms with van der Waals surface area (Å²) in [5, 5.41) is 17.0. The molecule has 0 spiro atoms. The molecule has 8 rings (SSSR count). The van der Waals surface area contributed by atoms with Gasteiger partial charge in [0.05, 0.1) is 10.9 Å². The van der Waals surface area contributed by atoms with Gasteiger partial charge in [0, 0.05) is 66.6 Å². The highest BCUT2D eigenvalue weighted by Crippen LogP contribution is 2.41. The van der Waals surface area contributed by atoms with Crippen LogP contribution < -0.4 is 15.0 Å². The second-order valence-corrected chi connectivity index (χ2v) is 12.9. The average molecular weight is 623 g/mol. The predicted octanol–water partition coefficient (Wildman–Crippen LogP) is 5.99. The van der Waals surface area contributed by atoms with Gasteiger partial charge in [-0.2, -0.15) is 9.97 Å². The summed E-state index contributed by atoms with van der Waals surface area (Å²) in [5.74, 6) is 0.360. The van der Waals surface area contributed by atoms with Crippen LogP contribution in [0.4, 0.5) is 10.2 Å². The Labute approximate surface area is 262 Å². The van der Waals surface area contributed by atoms with Gasteiger partial charge in [-0.15, -0.1) is 11.3 Å². The van der Waals surface area contributed by atoms with Crippen LogP contribution in [0.5, 0.6) is 11.8 Å². The zero-order chi connectivity index (χ0) is 30.8. The van der Waals surface area contributed by atoms with E-state index in [4.69, 9.17) is 9.72 Å². The Morgan fingerprint density at radius 2 is 1.77 bits per heavy atom. The van der Waals surface area contributed by atoms with Crippen molar-refractivity contribution in [2.24, 2.45) is 0 Å². The number of phenolic OH excluding ortho intramolecular Hbond substituents is 1. The quantitative estimate of drug-likeness (QED) is 0.278. The summed E-state index contributed by atoms with van der Waals surface area (Å²) in [6, 6.07) is 6.20. The molecule has 0 amide bonds. The summed E-state index contributed by atoms with van der Waals surface area (Å²) in [7, 11) is 3.25. The first-order valence-electron chi connectivity index (χ1n) is 15.8. The number of fused-ring (bicyclic) bond motifs is 5. The predicted molar refractivity (Wildman–Crippen MR) is 174 cm³/mol. The van der Waals surface area contributed by atoms with E-state index in [0.717, 1.165) is 61.9 Å². The summed E-state index contributed by atoms with van der Waals surface area (Å²) in [4.78, 5) is 19.0. The van der Waals surface area contributed by atoms with Crippen LogP contribution in [0.2, 0.25) is 0 Å². The van der Waals surface area contributed by atoms with Gasteiger partial charge >= 0.3 is 6.01 Å². The van der Waals surface area contributed by atoms with Gasteiger partial charge in [-0.1, -0.05) is 13.8 Å². The SMILES string of the molecule is CC.COC.Oc1ccc2scc(-c3ncc4c(N5CC6CCC(C5)N6)nc(OCC56CCCN5CCC6)nc4c3F)c2c1. The van der Waals surface area contributed by atoms with E-state index in [2.05, 4.69) is 29.8 Å². The van der Waals surface area contributed by atoms with Gasteiger partial charge in [0.15, 0.2) is 5.82 Å². The Hall–Kier alpha value is -3.12. The third kappa shape index (κ3) is 5.71. The maximum absolute atomic E-state index is 16.4. The molecule has 4 aliphatic heterocycles. The molecule has 3 aromatic heterocycles. The molecule has 9 nitrogen and oxygen atoms in total. The van der Waals surface area contributed by atoms with Gasteiger partial charge in [0.25, 0.3) is 0 Å². The summed E-state index contributed by atoms with van der Waals surface area (Å²) in [6.07, 6.45) is 8.60. The molecule has 236 valence electrons. The number of ether oxygens (including phenoxy) is 2. The normalized spacial score (nSPS) is 22.0. The number of piperazine rings is 1. The first-order valence-corrected chi connectivity index (χ1v) is 16.7. The van der Waals surface area contributed by atoms with E-state index in [1.54, 1.807) is 32.5 Å². The molecule has 4 fully saturated rings. The van der Waals surface area contributed by atoms with E-state index in [9.17, 15) is 5.11 Å². The number of thiophene rings is 1. The van der Waals surface area contributed by atoms with Crippen molar-refractivity contribution in [3.8, 4) is 23.0 Å². The molecule has 44 heavy (non-hydrogen) atoms. The first kappa shape index (κ1) is 30.9. The summed E-state index contributed by atoms with van der Waals surface area (Å²) >= 11 is 1.50. The second-order valence-electron chi connectivity index (χ2n) is 12.0. The van der Waals surface area contributed by atoms with Crippen LogP contribution in [-0.4, -0.2) is 89.6 Å². The number of methoxy groups -OCH3 is 1. The fraction of sp³-hybridized carbons (Fsp3) is 0.545. The summed E-state index contributed by atoms with van der Waals surface area (Å²) < 4.78 is 28.0. The van der Waals surface area contributed by atoms with Crippen molar-refractivity contribution in [3.05, 3.63) is 35.6 Å². The lowest BCUT2D eigenvalue weighted by Crippen LogP contribution is -2.51. The summed E-state index contributed by atoms with van der Waals surface area (Å²) in [6.45, 7) is 8.39. The molecule has 2 bridgehead atoms. The van der Waals surface area contributed by atoms with Gasteiger partial charge in [0.2, 0.25) is 0 Å². The number of nitrogens with zero attached hydrogens (tertiary/aromatic N) is 5. The van der Waals surface area contributed by atoms with Gasteiger partial charge in [-0.25, -0.2) is 4.39 Å². The minimum Gasteiger partial charge on any atom is -0.508 e. The van der Waals surface area contributed by atoms with Crippen molar-refractivity contribution < 1.29 is 19.0 Å². The number of halogens is 1. The van der Waals surface area contributed by atoms with Crippen molar-refractivity contribution in [1.82, 2.24) is 25.2 Å². The van der Waals surface area contributed by atoms with Crippen LogP contribution >= 0.6 is 11.3 Å². The fourth-order valence-corrected chi connectivity index (χ4v) is 8.27. The number of rotatable bonds is 5. The lowest BCUT2D eigenvalue weighted by atomic mass is 9.95. The number of pyridine rings is 1. The highest BCUT2D eigenvalue weighted by atomic mass is 32.1. The van der Waals surface area contributed by atoms with Gasteiger partial charge < -0.3 is 24.8 Å². The van der Waals surface area contributed by atoms with Crippen molar-refractivity contribution >= 4 is 38.1 Å². The number of nitrogens with one attached hydrogen (secondary N) is 1. The van der Waals surface area contributed by atoms with Crippen molar-refractivity contribution in [3.63, 3.8) is 0 Å². The maximum atomic E-state index is 16.4. The minimum absolute atomic E-state index is 0.0478. The third-order valence-electron chi connectivity index (χ3n) is 9.25. The molecular formula is C33H43FN6O3S. The average Bonchev–Trinajstić information content (AvgIpc) is 3.81. The van der Waals surface area contributed by atoms with Crippen LogP contribution in [0.25, 0.3) is 32.2 Å². The molecule has 2 N–H and O–H groups in total. The molecule has 0 saturated carbocycles. The highest BCUT2D eigenvalue weighted by molar-refractivity contribution is 7.17. The maximum Gasteiger partial charge on any atom is 0.319 e. The standard InChI is InChI=1S/C29H31FN6O2S.C2H6O.C2H6/c30-24-25(22-15-39-23-6-5-19(37)11-20(22)23)31-12-21-26(24)33-28(38-16-29-7-1-9-36(29)10-2-8-29)34-27(21)35-13-17-3-4-18(14-35)32-17;1-3-2;1-2/h5-6,11-12,15,17-18,32,37H,1-4,7-10,13-14,16H2;1-2H3;1-2H3. The van der Waals surface area contributed by atoms with Crippen LogP contribution in [0.1, 0.15) is 52.4 Å². The van der Waals surface area contributed by atoms with Crippen molar-refractivity contribution in [2.45, 2.75) is 70.0 Å². The number of anilines is 1. The molecule has 4 aromatic rings. The molecule has 2 atom stereocenters. The summed E-state index contributed by atoms with van der Waals surface area (Å²) in [5.41, 5.74) is 1.16. The van der Waals surface area contributed by atoms with Gasteiger partial charge in [-0.05, 0) is 69.8 Å². The zero-order valence-electron chi connectivity index (χ0n) is 26.1. The van der Waals surface area contributed by atoms with E-state index in [1.165, 1.54) is 24.2 Å². The first-order chi connectivity index (χ1) is 21.5. The molecule has 2 unspecified atom stereocenters. The molecular weight excluding hydrogens is 579 g/mol. The molecule has 0 aliphatic carbocycles. The molecule has 1 aromatic carbocycles. The lowest BCUT2D eigenvalue weighted by Gasteiger charge is -2.34. The van der Waals surface area contributed by atoms with Gasteiger partial charge in [-0.3, -0.25) is 9.88 Å². The van der Waals surface area contributed by atoms with E-state index in [-0.39, 0.29) is 28.5 Å².